The van der Waals surface area contributed by atoms with E-state index in [9.17, 15) is 9.18 Å². The van der Waals surface area contributed by atoms with Crippen LogP contribution in [-0.2, 0) is 24.2 Å². The molecule has 0 aliphatic carbocycles. The Labute approximate surface area is 143 Å². The number of para-hydroxylation sites is 1. The molecule has 4 heteroatoms. The Morgan fingerprint density at radius 3 is 2.21 bits per heavy atom. The Hall–Kier alpha value is -2.20. The maximum atomic E-state index is 13.5. The summed E-state index contributed by atoms with van der Waals surface area (Å²) in [6, 6.07) is 12.8. The summed E-state index contributed by atoms with van der Waals surface area (Å²) >= 11 is 0. The van der Waals surface area contributed by atoms with Crippen molar-refractivity contribution in [2.75, 3.05) is 11.9 Å². The number of carbonyl (C=O) groups is 1. The molecule has 0 spiro atoms. The lowest BCUT2D eigenvalue weighted by atomic mass is 10.0. The second kappa shape index (κ2) is 9.18. The molecule has 1 amide bonds. The molecular weight excluding hydrogens is 303 g/mol. The lowest BCUT2D eigenvalue weighted by Gasteiger charge is -2.14. The normalized spacial score (nSPS) is 10.6. The fourth-order valence-corrected chi connectivity index (χ4v) is 2.67. The SMILES string of the molecule is CCc1cccc(CC)c1NC(=O)CCNCc1ccccc1F. The highest BCUT2D eigenvalue weighted by atomic mass is 19.1. The van der Waals surface area contributed by atoms with Crippen molar-refractivity contribution in [2.45, 2.75) is 39.7 Å². The maximum Gasteiger partial charge on any atom is 0.225 e. The molecule has 0 aliphatic heterocycles. The van der Waals surface area contributed by atoms with Crippen molar-refractivity contribution >= 4 is 11.6 Å². The standard InChI is InChI=1S/C20H25FN2O/c1-3-15-9-7-10-16(4-2)20(15)23-19(24)12-13-22-14-17-8-5-6-11-18(17)21/h5-11,22H,3-4,12-14H2,1-2H3,(H,23,24). The van der Waals surface area contributed by atoms with Crippen LogP contribution in [-0.4, -0.2) is 12.5 Å². The van der Waals surface area contributed by atoms with Crippen LogP contribution in [0, 0.1) is 5.82 Å². The van der Waals surface area contributed by atoms with E-state index < -0.39 is 0 Å². The first kappa shape index (κ1) is 18.1. The van der Waals surface area contributed by atoms with Crippen LogP contribution in [0.4, 0.5) is 10.1 Å². The smallest absolute Gasteiger partial charge is 0.225 e. The summed E-state index contributed by atoms with van der Waals surface area (Å²) in [6.07, 6.45) is 2.12. The molecule has 0 radical (unpaired) electrons. The Bertz CT molecular complexity index is 663. The highest BCUT2D eigenvalue weighted by Crippen LogP contribution is 2.22. The van der Waals surface area contributed by atoms with E-state index in [1.807, 2.05) is 18.2 Å². The molecule has 2 aromatic carbocycles. The highest BCUT2D eigenvalue weighted by Gasteiger charge is 2.10. The van der Waals surface area contributed by atoms with Gasteiger partial charge in [0.1, 0.15) is 5.82 Å². The van der Waals surface area contributed by atoms with Crippen molar-refractivity contribution in [3.8, 4) is 0 Å². The first-order valence-electron chi connectivity index (χ1n) is 8.50. The molecule has 0 aromatic heterocycles. The number of aryl methyl sites for hydroxylation is 2. The van der Waals surface area contributed by atoms with E-state index in [1.165, 1.54) is 6.07 Å². The van der Waals surface area contributed by atoms with Gasteiger partial charge in [-0.25, -0.2) is 4.39 Å². The van der Waals surface area contributed by atoms with Crippen LogP contribution in [0.25, 0.3) is 0 Å². The van der Waals surface area contributed by atoms with Gasteiger partial charge in [0.05, 0.1) is 0 Å². The van der Waals surface area contributed by atoms with Gasteiger partial charge in [-0.05, 0) is 30.0 Å². The maximum absolute atomic E-state index is 13.5. The number of nitrogens with one attached hydrogen (secondary N) is 2. The number of hydrogen-bond acceptors (Lipinski definition) is 2. The molecule has 2 N–H and O–H groups in total. The minimum atomic E-state index is -0.223. The summed E-state index contributed by atoms with van der Waals surface area (Å²) < 4.78 is 13.5. The van der Waals surface area contributed by atoms with Crippen LogP contribution >= 0.6 is 0 Å². The van der Waals surface area contributed by atoms with Crippen LogP contribution in [0.2, 0.25) is 0 Å². The Kier molecular flexibility index (Phi) is 6.94. The van der Waals surface area contributed by atoms with Crippen LogP contribution in [0.5, 0.6) is 0 Å². The fraction of sp³-hybridized carbons (Fsp3) is 0.350. The summed E-state index contributed by atoms with van der Waals surface area (Å²) in [5.74, 6) is -0.245. The van der Waals surface area contributed by atoms with Crippen LogP contribution in [0.1, 0.15) is 37.0 Å². The summed E-state index contributed by atoms with van der Waals surface area (Å²) in [7, 11) is 0. The van der Waals surface area contributed by atoms with Gasteiger partial charge in [-0.15, -0.1) is 0 Å². The van der Waals surface area contributed by atoms with Crippen LogP contribution in [0.3, 0.4) is 0 Å². The van der Waals surface area contributed by atoms with Crippen molar-refractivity contribution in [1.29, 1.82) is 0 Å². The molecule has 0 saturated carbocycles. The van der Waals surface area contributed by atoms with Gasteiger partial charge in [-0.2, -0.15) is 0 Å². The number of halogens is 1. The molecule has 0 bridgehead atoms. The molecule has 24 heavy (non-hydrogen) atoms. The predicted octanol–water partition coefficient (Wildman–Crippen LogP) is 4.07. The lowest BCUT2D eigenvalue weighted by Crippen LogP contribution is -2.22. The molecule has 3 nitrogen and oxygen atoms in total. The molecule has 0 aliphatic rings. The van der Waals surface area contributed by atoms with Gasteiger partial charge >= 0.3 is 0 Å². The van der Waals surface area contributed by atoms with E-state index in [2.05, 4.69) is 24.5 Å². The molecule has 0 atom stereocenters. The third kappa shape index (κ3) is 4.90. The molecule has 0 saturated heterocycles. The Balaban J connectivity index is 1.85. The zero-order valence-electron chi connectivity index (χ0n) is 14.4. The third-order valence-corrected chi connectivity index (χ3v) is 4.07. The van der Waals surface area contributed by atoms with Crippen molar-refractivity contribution in [3.05, 3.63) is 65.0 Å². The van der Waals surface area contributed by atoms with Crippen molar-refractivity contribution < 1.29 is 9.18 Å². The predicted molar refractivity (Wildman–Crippen MR) is 96.6 cm³/mol. The zero-order valence-corrected chi connectivity index (χ0v) is 14.4. The fourth-order valence-electron chi connectivity index (χ4n) is 2.67. The average Bonchev–Trinajstić information content (AvgIpc) is 2.60. The zero-order chi connectivity index (χ0) is 17.4. The summed E-state index contributed by atoms with van der Waals surface area (Å²) in [5.41, 5.74) is 3.87. The van der Waals surface area contributed by atoms with Gasteiger partial charge in [0.2, 0.25) is 5.91 Å². The van der Waals surface area contributed by atoms with Gasteiger partial charge in [0.25, 0.3) is 0 Å². The monoisotopic (exact) mass is 328 g/mol. The van der Waals surface area contributed by atoms with E-state index in [0.29, 0.717) is 25.1 Å². The molecule has 0 heterocycles. The van der Waals surface area contributed by atoms with E-state index in [1.54, 1.807) is 18.2 Å². The highest BCUT2D eigenvalue weighted by molar-refractivity contribution is 5.92. The van der Waals surface area contributed by atoms with E-state index in [0.717, 1.165) is 29.7 Å². The minimum absolute atomic E-state index is 0.0216. The molecule has 0 unspecified atom stereocenters. The van der Waals surface area contributed by atoms with Gasteiger partial charge in [0.15, 0.2) is 0 Å². The molecule has 128 valence electrons. The number of benzene rings is 2. The first-order valence-corrected chi connectivity index (χ1v) is 8.50. The van der Waals surface area contributed by atoms with Crippen molar-refractivity contribution in [2.24, 2.45) is 0 Å². The molecular formula is C20H25FN2O. The number of anilines is 1. The summed E-state index contributed by atoms with van der Waals surface area (Å²) in [6.45, 7) is 5.10. The van der Waals surface area contributed by atoms with Crippen LogP contribution in [0.15, 0.2) is 42.5 Å². The summed E-state index contributed by atoms with van der Waals surface area (Å²) in [4.78, 5) is 12.2. The molecule has 0 fully saturated rings. The van der Waals surface area contributed by atoms with Crippen molar-refractivity contribution in [3.63, 3.8) is 0 Å². The topological polar surface area (TPSA) is 41.1 Å². The van der Waals surface area contributed by atoms with E-state index in [4.69, 9.17) is 0 Å². The Morgan fingerprint density at radius 1 is 0.958 bits per heavy atom. The molecule has 2 rings (SSSR count). The minimum Gasteiger partial charge on any atom is -0.326 e. The lowest BCUT2D eigenvalue weighted by molar-refractivity contribution is -0.116. The quantitative estimate of drug-likeness (QED) is 0.717. The van der Waals surface area contributed by atoms with Gasteiger partial charge in [0, 0.05) is 30.8 Å². The number of hydrogen-bond donors (Lipinski definition) is 2. The average molecular weight is 328 g/mol. The largest absolute Gasteiger partial charge is 0.326 e. The number of carbonyl (C=O) groups excluding carboxylic acids is 1. The number of amides is 1. The van der Waals surface area contributed by atoms with E-state index >= 15 is 0 Å². The van der Waals surface area contributed by atoms with Gasteiger partial charge in [-0.1, -0.05) is 50.2 Å². The Morgan fingerprint density at radius 2 is 1.58 bits per heavy atom. The van der Waals surface area contributed by atoms with Crippen LogP contribution < -0.4 is 10.6 Å². The second-order valence-electron chi connectivity index (χ2n) is 5.72. The van der Waals surface area contributed by atoms with Crippen molar-refractivity contribution in [1.82, 2.24) is 5.32 Å². The number of rotatable bonds is 8. The summed E-state index contributed by atoms with van der Waals surface area (Å²) in [5, 5.41) is 6.15. The van der Waals surface area contributed by atoms with E-state index in [-0.39, 0.29) is 11.7 Å². The van der Waals surface area contributed by atoms with Gasteiger partial charge in [-0.3, -0.25) is 4.79 Å². The third-order valence-electron chi connectivity index (χ3n) is 4.07. The molecule has 2 aromatic rings. The second-order valence-corrected chi connectivity index (χ2v) is 5.72. The first-order chi connectivity index (χ1) is 11.7. The van der Waals surface area contributed by atoms with Gasteiger partial charge < -0.3 is 10.6 Å².